The monoisotopic (exact) mass is 1220 g/mol. The number of benzene rings is 1. The zero-order valence-corrected chi connectivity index (χ0v) is 48.8. The number of carboxylic acid groups (broad SMARTS) is 3. The summed E-state index contributed by atoms with van der Waals surface area (Å²) in [5.41, 5.74) is 0.974. The van der Waals surface area contributed by atoms with Crippen LogP contribution in [0.15, 0.2) is 48.8 Å². The summed E-state index contributed by atoms with van der Waals surface area (Å²) in [5.74, 6) is -6.23. The molecule has 2 atom stereocenters. The minimum absolute atomic E-state index is 0.0543. The summed E-state index contributed by atoms with van der Waals surface area (Å²) in [4.78, 5) is 129. The number of halogens is 1. The Hall–Kier alpha value is -8.05. The number of aromatic nitrogens is 2. The van der Waals surface area contributed by atoms with E-state index < -0.39 is 59.6 Å². The van der Waals surface area contributed by atoms with Crippen molar-refractivity contribution in [3.8, 4) is 11.8 Å². The molecule has 2 aromatic heterocycles. The lowest BCUT2D eigenvalue weighted by Gasteiger charge is -2.33. The molecule has 0 bridgehead atoms. The molecule has 2 aliphatic heterocycles. The Morgan fingerprint density at radius 2 is 1.24 bits per heavy atom. The van der Waals surface area contributed by atoms with Crippen LogP contribution in [0.2, 0.25) is 0 Å². The molecule has 2 aliphatic rings. The van der Waals surface area contributed by atoms with E-state index >= 15 is 0 Å². The maximum Gasteiger partial charge on any atom is 0.317 e. The molecule has 0 aliphatic carbocycles. The fraction of sp³-hybridized carbons (Fsp3) is 0.579. The van der Waals surface area contributed by atoms with Crippen molar-refractivity contribution in [1.82, 2.24) is 61.1 Å². The Kier molecular flexibility index (Phi) is 31.2. The third kappa shape index (κ3) is 27.0. The number of nitrogens with zero attached hydrogens (tertiary/aromatic N) is 8. The highest BCUT2D eigenvalue weighted by atomic mass is 19.1. The predicted octanol–water partition coefficient (Wildman–Crippen LogP) is -0.985. The van der Waals surface area contributed by atoms with E-state index in [-0.39, 0.29) is 142 Å². The summed E-state index contributed by atoms with van der Waals surface area (Å²) in [6.07, 6.45) is 5.72. The minimum Gasteiger partial charge on any atom is -0.494 e. The normalized spacial score (nSPS) is 15.9. The van der Waals surface area contributed by atoms with Crippen LogP contribution in [-0.4, -0.2) is 273 Å². The molecule has 0 saturated carbocycles. The number of carboxylic acids is 3. The maximum atomic E-state index is 13.7. The minimum atomic E-state index is -1.15. The molecule has 0 spiro atoms. The Balaban J connectivity index is 0.945. The van der Waals surface area contributed by atoms with Gasteiger partial charge in [0.2, 0.25) is 29.6 Å². The van der Waals surface area contributed by atoms with Gasteiger partial charge in [-0.25, -0.2) is 4.98 Å². The number of carbonyl (C=O) groups excluding carboxylic acids is 6. The second kappa shape index (κ2) is 38.9. The molecule has 5 rings (SSSR count). The fourth-order valence-electron chi connectivity index (χ4n) is 9.35. The van der Waals surface area contributed by atoms with Gasteiger partial charge in [-0.05, 0) is 74.9 Å². The number of hydrogen-bond donors (Lipinski definition) is 8. The first-order valence-electron chi connectivity index (χ1n) is 29.0. The molecule has 476 valence electrons. The average molecular weight is 1220 g/mol. The number of hydrogen-bond acceptors (Lipinski definition) is 20. The number of aliphatic carboxylic acids is 3. The van der Waals surface area contributed by atoms with E-state index in [4.69, 9.17) is 18.9 Å². The quantitative estimate of drug-likeness (QED) is 0.0256. The van der Waals surface area contributed by atoms with Gasteiger partial charge in [0.1, 0.15) is 17.8 Å². The second-order valence-electron chi connectivity index (χ2n) is 20.6. The van der Waals surface area contributed by atoms with Gasteiger partial charge in [0.05, 0.1) is 75.3 Å². The van der Waals surface area contributed by atoms with E-state index in [0.717, 1.165) is 18.7 Å². The third-order valence-electron chi connectivity index (χ3n) is 13.9. The maximum absolute atomic E-state index is 13.7. The number of fused-ring (bicyclic) bond motifs is 1. The highest BCUT2D eigenvalue weighted by molar-refractivity contribution is 6.07. The number of likely N-dealkylation sites (tertiary alicyclic amines) is 1. The van der Waals surface area contributed by atoms with Crippen LogP contribution >= 0.6 is 0 Å². The van der Waals surface area contributed by atoms with Crippen molar-refractivity contribution in [2.45, 2.75) is 57.0 Å². The molecule has 1 aromatic carbocycles. The van der Waals surface area contributed by atoms with Crippen LogP contribution in [-0.2, 0) is 47.8 Å². The number of ether oxygens (including phenoxy) is 4. The molecule has 6 amide bonds. The van der Waals surface area contributed by atoms with Gasteiger partial charge in [0, 0.05) is 129 Å². The Labute approximate surface area is 503 Å². The van der Waals surface area contributed by atoms with Crippen molar-refractivity contribution in [2.75, 3.05) is 158 Å². The van der Waals surface area contributed by atoms with E-state index in [9.17, 15) is 68.1 Å². The average Bonchev–Trinajstić information content (AvgIpc) is 2.46. The molecular formula is C57H80FN13O16. The number of nitriles is 1. The van der Waals surface area contributed by atoms with E-state index in [1.165, 1.54) is 17.2 Å². The lowest BCUT2D eigenvalue weighted by atomic mass is 10.1. The molecule has 87 heavy (non-hydrogen) atoms. The van der Waals surface area contributed by atoms with Crippen LogP contribution < -0.4 is 31.3 Å². The molecule has 2 saturated heterocycles. The van der Waals surface area contributed by atoms with E-state index in [2.05, 4.69) is 42.6 Å². The largest absolute Gasteiger partial charge is 0.494 e. The smallest absolute Gasteiger partial charge is 0.317 e. The lowest BCUT2D eigenvalue weighted by molar-refractivity contribution is -0.140. The van der Waals surface area contributed by atoms with Crippen molar-refractivity contribution in [3.05, 3.63) is 65.9 Å². The molecule has 1 unspecified atom stereocenters. The molecule has 29 nitrogen and oxygen atoms in total. The van der Waals surface area contributed by atoms with Gasteiger partial charge in [0.15, 0.2) is 0 Å². The van der Waals surface area contributed by atoms with E-state index in [0.29, 0.717) is 94.0 Å². The molecule has 4 heterocycles. The van der Waals surface area contributed by atoms with Gasteiger partial charge in [-0.1, -0.05) is 0 Å². The van der Waals surface area contributed by atoms with Crippen molar-refractivity contribution in [3.63, 3.8) is 0 Å². The van der Waals surface area contributed by atoms with Gasteiger partial charge in [0.25, 0.3) is 11.8 Å². The van der Waals surface area contributed by atoms with Crippen molar-refractivity contribution in [1.29, 1.82) is 5.26 Å². The summed E-state index contributed by atoms with van der Waals surface area (Å²) in [6.45, 7) is 2.98. The third-order valence-corrected chi connectivity index (χ3v) is 13.9. The van der Waals surface area contributed by atoms with Gasteiger partial charge in [-0.3, -0.25) is 67.7 Å². The highest BCUT2D eigenvalue weighted by Crippen LogP contribution is 2.23. The van der Waals surface area contributed by atoms with Gasteiger partial charge >= 0.3 is 17.9 Å². The van der Waals surface area contributed by atoms with Crippen LogP contribution in [0.5, 0.6) is 5.75 Å². The molecule has 30 heteroatoms. The molecule has 3 aromatic rings. The standard InChI is InChI=1S/C57H80FN13O16/c58-48-9-6-41(35-64-48)55(81)62-15-11-47(66-50(73)37-67-18-20-68(38-52(75)76)22-24-70(40-54(79)80)25-23-69(21-19-67)39-53(77)78)57(83)63-16-32-86-29-4-27-84-26-3-28-85-31-12-49(72)61-13-2-30-87-43-7-8-46-45(33-43)44(10-14-60-46)56(82)65-36-51(74)71-17-1-5-42(71)34-59/h6-10,14,33,35,42,47H,1-5,11-13,15-32,36-40H2,(H,61,72)(H,62,81)(H,63,83)(H,65,82)(H,66,73)(H,75,76)(H,77,78)(H,79,80)/t42-,47?/m0/s1. The number of rotatable bonds is 36. The fourth-order valence-corrected chi connectivity index (χ4v) is 9.35. The summed E-state index contributed by atoms with van der Waals surface area (Å²) < 4.78 is 36.2. The predicted molar refractivity (Wildman–Crippen MR) is 309 cm³/mol. The molecule has 2 fully saturated rings. The van der Waals surface area contributed by atoms with Crippen LogP contribution in [0.4, 0.5) is 4.39 Å². The van der Waals surface area contributed by atoms with Crippen molar-refractivity contribution in [2.24, 2.45) is 0 Å². The van der Waals surface area contributed by atoms with Crippen LogP contribution in [0, 0.1) is 17.3 Å². The van der Waals surface area contributed by atoms with E-state index in [1.807, 2.05) is 0 Å². The van der Waals surface area contributed by atoms with Crippen LogP contribution in [0.25, 0.3) is 10.9 Å². The van der Waals surface area contributed by atoms with Crippen LogP contribution in [0.3, 0.4) is 0 Å². The summed E-state index contributed by atoms with van der Waals surface area (Å²) in [5, 5.41) is 52.1. The zero-order valence-electron chi connectivity index (χ0n) is 48.8. The summed E-state index contributed by atoms with van der Waals surface area (Å²) in [6, 6.07) is 9.50. The van der Waals surface area contributed by atoms with Gasteiger partial charge in [-0.15, -0.1) is 0 Å². The Morgan fingerprint density at radius 1 is 0.632 bits per heavy atom. The number of amides is 6. The lowest BCUT2D eigenvalue weighted by Crippen LogP contribution is -2.53. The molecule has 8 N–H and O–H groups in total. The van der Waals surface area contributed by atoms with E-state index in [1.54, 1.807) is 43.9 Å². The molecular weight excluding hydrogens is 1140 g/mol. The first-order valence-corrected chi connectivity index (χ1v) is 29.0. The first kappa shape index (κ1) is 69.7. The zero-order chi connectivity index (χ0) is 62.8. The number of carbonyl (C=O) groups is 9. The first-order chi connectivity index (χ1) is 42.0. The van der Waals surface area contributed by atoms with Gasteiger partial charge < -0.3 is 65.8 Å². The van der Waals surface area contributed by atoms with Crippen molar-refractivity contribution >= 4 is 64.3 Å². The summed E-state index contributed by atoms with van der Waals surface area (Å²) >= 11 is 0. The highest BCUT2D eigenvalue weighted by Gasteiger charge is 2.29. The number of pyridine rings is 2. The second-order valence-corrected chi connectivity index (χ2v) is 20.6. The van der Waals surface area contributed by atoms with Crippen molar-refractivity contribution < 1.29 is 81.8 Å². The molecule has 0 radical (unpaired) electrons. The summed E-state index contributed by atoms with van der Waals surface area (Å²) in [7, 11) is 0. The van der Waals surface area contributed by atoms with Gasteiger partial charge in [-0.2, -0.15) is 9.65 Å². The Morgan fingerprint density at radius 3 is 1.84 bits per heavy atom. The Bertz CT molecular complexity index is 2750. The SMILES string of the molecule is N#C[C@@H]1CCCN1C(=O)CNC(=O)c1ccnc2ccc(OCCCNC(=O)CCOCCCOCCCOCCNC(=O)C(CCNC(=O)c3ccc(F)nc3)NC(=O)CN3CCN(CC(=O)O)CCN(CC(=O)O)CCN(CC(=O)O)CC3)cc12. The van der Waals surface area contributed by atoms with Crippen LogP contribution in [0.1, 0.15) is 65.7 Å². The topological polar surface area (TPSA) is 377 Å². The number of nitrogens with one attached hydrogen (secondary N) is 5.